The maximum Gasteiger partial charge on any atom is 0.331 e. The minimum Gasteiger partial charge on any atom is -0.488 e. The summed E-state index contributed by atoms with van der Waals surface area (Å²) in [5.41, 5.74) is 4.13. The summed E-state index contributed by atoms with van der Waals surface area (Å²) in [4.78, 5) is 26.7. The zero-order chi connectivity index (χ0) is 26.9. The molecule has 0 aliphatic rings. The summed E-state index contributed by atoms with van der Waals surface area (Å²) in [5.74, 6) is -0.242. The third-order valence-electron chi connectivity index (χ3n) is 6.64. The minimum atomic E-state index is -0.945. The van der Waals surface area contributed by atoms with Gasteiger partial charge in [-0.25, -0.2) is 4.79 Å². The van der Waals surface area contributed by atoms with Crippen molar-refractivity contribution in [3.63, 3.8) is 0 Å². The number of hydrogen-bond acceptors (Lipinski definition) is 3. The molecule has 0 aliphatic heterocycles. The van der Waals surface area contributed by atoms with E-state index in [9.17, 15) is 14.7 Å². The van der Waals surface area contributed by atoms with Gasteiger partial charge in [0.1, 0.15) is 12.4 Å². The lowest BCUT2D eigenvalue weighted by Gasteiger charge is -2.19. The summed E-state index contributed by atoms with van der Waals surface area (Å²) in [5, 5.41) is 11.4. The number of likely N-dealkylation sites (N-methyl/N-ethyl adjacent to an activating group) is 1. The van der Waals surface area contributed by atoms with Gasteiger partial charge in [0.05, 0.1) is 6.42 Å². The minimum absolute atomic E-state index is 0.00733. The van der Waals surface area contributed by atoms with Crippen LogP contribution in [-0.2, 0) is 29.0 Å². The molecule has 4 aromatic carbocycles. The molecular weight excluding hydrogens is 474 g/mol. The lowest BCUT2D eigenvalue weighted by Crippen LogP contribution is -2.30. The van der Waals surface area contributed by atoms with Crippen molar-refractivity contribution in [2.24, 2.45) is 0 Å². The van der Waals surface area contributed by atoms with Crippen molar-refractivity contribution in [3.8, 4) is 5.75 Å². The smallest absolute Gasteiger partial charge is 0.331 e. The lowest BCUT2D eigenvalue weighted by molar-refractivity contribution is -0.132. The normalized spacial score (nSPS) is 11.4. The molecule has 0 atom stereocenters. The van der Waals surface area contributed by atoms with E-state index < -0.39 is 5.97 Å². The number of nitrogens with zero attached hydrogens (tertiary/aromatic N) is 1. The monoisotopic (exact) mass is 507 g/mol. The molecule has 0 aliphatic carbocycles. The molecule has 0 spiro atoms. The largest absolute Gasteiger partial charge is 0.488 e. The van der Waals surface area contributed by atoms with Gasteiger partial charge in [0.15, 0.2) is 0 Å². The van der Waals surface area contributed by atoms with Crippen LogP contribution in [0.5, 0.6) is 5.75 Å². The fourth-order valence-corrected chi connectivity index (χ4v) is 4.43. The molecule has 0 fully saturated rings. The molecule has 0 radical (unpaired) electrons. The Labute approximate surface area is 224 Å². The number of ether oxygens (including phenoxy) is 1. The van der Waals surface area contributed by atoms with E-state index in [0.717, 1.165) is 33.9 Å². The summed E-state index contributed by atoms with van der Waals surface area (Å²) < 4.78 is 6.20. The SMILES string of the molecule is CCC(=Cc1cc(CC(=O)N(C)CCc2ccccc2)c2cccc(OCc3ccccc3)c2c1)C(=O)O. The molecule has 194 valence electrons. The van der Waals surface area contributed by atoms with E-state index in [1.807, 2.05) is 92.8 Å². The predicted molar refractivity (Wildman–Crippen MR) is 152 cm³/mol. The average molecular weight is 508 g/mol. The first-order chi connectivity index (χ1) is 18.4. The van der Waals surface area contributed by atoms with Gasteiger partial charge in [0.2, 0.25) is 5.91 Å². The van der Waals surface area contributed by atoms with Gasteiger partial charge in [-0.1, -0.05) is 85.8 Å². The summed E-state index contributed by atoms with van der Waals surface area (Å²) in [6, 6.07) is 29.7. The number of fused-ring (bicyclic) bond motifs is 1. The Bertz CT molecular complexity index is 1430. The Morgan fingerprint density at radius 1 is 0.868 bits per heavy atom. The number of hydrogen-bond donors (Lipinski definition) is 1. The van der Waals surface area contributed by atoms with Crippen molar-refractivity contribution in [2.75, 3.05) is 13.6 Å². The number of rotatable bonds is 11. The fourth-order valence-electron chi connectivity index (χ4n) is 4.43. The van der Waals surface area contributed by atoms with Crippen LogP contribution in [0.4, 0.5) is 0 Å². The quantitative estimate of drug-likeness (QED) is 0.234. The van der Waals surface area contributed by atoms with Crippen molar-refractivity contribution >= 4 is 28.7 Å². The summed E-state index contributed by atoms with van der Waals surface area (Å²) >= 11 is 0. The highest BCUT2D eigenvalue weighted by molar-refractivity contribution is 5.97. The molecule has 0 bridgehead atoms. The van der Waals surface area contributed by atoms with Crippen LogP contribution < -0.4 is 4.74 Å². The Hall–Kier alpha value is -4.38. The number of amides is 1. The van der Waals surface area contributed by atoms with Gasteiger partial charge < -0.3 is 14.7 Å². The van der Waals surface area contributed by atoms with Crippen LogP contribution in [0.25, 0.3) is 16.8 Å². The molecule has 5 nitrogen and oxygen atoms in total. The number of aliphatic carboxylic acids is 1. The van der Waals surface area contributed by atoms with Crippen LogP contribution in [0.1, 0.15) is 35.6 Å². The molecule has 0 saturated heterocycles. The van der Waals surface area contributed by atoms with E-state index in [4.69, 9.17) is 4.74 Å². The van der Waals surface area contributed by atoms with E-state index in [2.05, 4.69) is 12.1 Å². The van der Waals surface area contributed by atoms with Crippen LogP contribution >= 0.6 is 0 Å². The molecule has 1 amide bonds. The Morgan fingerprint density at radius 3 is 2.21 bits per heavy atom. The van der Waals surface area contributed by atoms with Gasteiger partial charge in [-0.15, -0.1) is 0 Å². The fraction of sp³-hybridized carbons (Fsp3) is 0.212. The van der Waals surface area contributed by atoms with Gasteiger partial charge in [0, 0.05) is 24.6 Å². The average Bonchev–Trinajstić information content (AvgIpc) is 2.94. The van der Waals surface area contributed by atoms with E-state index in [1.165, 1.54) is 5.56 Å². The van der Waals surface area contributed by atoms with Gasteiger partial charge >= 0.3 is 5.97 Å². The highest BCUT2D eigenvalue weighted by Gasteiger charge is 2.15. The molecule has 38 heavy (non-hydrogen) atoms. The van der Waals surface area contributed by atoms with Crippen LogP contribution in [0.3, 0.4) is 0 Å². The molecule has 0 unspecified atom stereocenters. The second kappa shape index (κ2) is 12.7. The summed E-state index contributed by atoms with van der Waals surface area (Å²) in [6.45, 7) is 2.85. The van der Waals surface area contributed by atoms with Crippen molar-refractivity contribution in [3.05, 3.63) is 119 Å². The molecule has 0 aromatic heterocycles. The van der Waals surface area contributed by atoms with Gasteiger partial charge in [-0.2, -0.15) is 0 Å². The number of carbonyl (C=O) groups excluding carboxylic acids is 1. The van der Waals surface area contributed by atoms with E-state index in [1.54, 1.807) is 11.0 Å². The van der Waals surface area contributed by atoms with Crippen molar-refractivity contribution in [1.29, 1.82) is 0 Å². The van der Waals surface area contributed by atoms with Crippen molar-refractivity contribution in [2.45, 2.75) is 32.8 Å². The maximum atomic E-state index is 13.3. The van der Waals surface area contributed by atoms with Crippen LogP contribution in [-0.4, -0.2) is 35.5 Å². The Morgan fingerprint density at radius 2 is 1.55 bits per heavy atom. The second-order valence-electron chi connectivity index (χ2n) is 9.36. The third-order valence-corrected chi connectivity index (χ3v) is 6.64. The van der Waals surface area contributed by atoms with Crippen molar-refractivity contribution in [1.82, 2.24) is 4.90 Å². The molecule has 0 heterocycles. The zero-order valence-corrected chi connectivity index (χ0v) is 21.9. The van der Waals surface area contributed by atoms with Gasteiger partial charge in [-0.05, 0) is 58.7 Å². The Kier molecular flexibility index (Phi) is 8.94. The number of carboxylic acid groups (broad SMARTS) is 1. The zero-order valence-electron chi connectivity index (χ0n) is 21.9. The molecule has 4 rings (SSSR count). The molecule has 0 saturated carbocycles. The maximum absolute atomic E-state index is 13.3. The van der Waals surface area contributed by atoms with Gasteiger partial charge in [-0.3, -0.25) is 4.79 Å². The summed E-state index contributed by atoms with van der Waals surface area (Å²) in [7, 11) is 1.82. The molecule has 1 N–H and O–H groups in total. The first-order valence-electron chi connectivity index (χ1n) is 12.9. The first-order valence-corrected chi connectivity index (χ1v) is 12.9. The standard InChI is InChI=1S/C33H33NO4/c1-3-27(33(36)37)19-26-20-28(22-32(35)34(2)18-17-24-11-6-4-7-12-24)29-15-10-16-31(30(29)21-26)38-23-25-13-8-5-9-14-25/h4-16,19-21H,3,17-18,22-23H2,1-2H3,(H,36,37). The van der Waals surface area contributed by atoms with Crippen LogP contribution in [0, 0.1) is 0 Å². The molecule has 5 heteroatoms. The van der Waals surface area contributed by atoms with Gasteiger partial charge in [0.25, 0.3) is 0 Å². The lowest BCUT2D eigenvalue weighted by atomic mass is 9.96. The first kappa shape index (κ1) is 26.7. The van der Waals surface area contributed by atoms with Crippen LogP contribution in [0.2, 0.25) is 0 Å². The second-order valence-corrected chi connectivity index (χ2v) is 9.36. The van der Waals surface area contributed by atoms with Crippen molar-refractivity contribution < 1.29 is 19.4 Å². The highest BCUT2D eigenvalue weighted by atomic mass is 16.5. The number of carbonyl (C=O) groups is 2. The highest BCUT2D eigenvalue weighted by Crippen LogP contribution is 2.32. The predicted octanol–water partition coefficient (Wildman–Crippen LogP) is 6.54. The van der Waals surface area contributed by atoms with E-state index in [-0.39, 0.29) is 12.3 Å². The van der Waals surface area contributed by atoms with E-state index in [0.29, 0.717) is 30.9 Å². The molecular formula is C33H33NO4. The Balaban J connectivity index is 1.65. The topological polar surface area (TPSA) is 66.8 Å². The van der Waals surface area contributed by atoms with Crippen LogP contribution in [0.15, 0.2) is 96.6 Å². The summed E-state index contributed by atoms with van der Waals surface area (Å²) in [6.07, 6.45) is 3.07. The van der Waals surface area contributed by atoms with E-state index >= 15 is 0 Å². The number of carboxylic acids is 1. The molecule has 4 aromatic rings. The third kappa shape index (κ3) is 6.88. The number of benzene rings is 4.